The SMILES string of the molecule is CCOC(=O)Cn1c(=NC(=O)CS(=O)(=O)CC(=O)NC2CCCCC2)sc2cc(F)ccc21. The number of carbonyl (C=O) groups excluding carboxylic acids is 3. The molecule has 1 saturated carbocycles. The van der Waals surface area contributed by atoms with Crippen LogP contribution in [0, 0.1) is 5.82 Å². The second kappa shape index (κ2) is 11.0. The molecule has 2 amide bonds. The summed E-state index contributed by atoms with van der Waals surface area (Å²) in [5.41, 5.74) is 0.454. The Morgan fingerprint density at radius 3 is 2.64 bits per heavy atom. The van der Waals surface area contributed by atoms with Gasteiger partial charge in [-0.15, -0.1) is 0 Å². The Labute approximate surface area is 194 Å². The first kappa shape index (κ1) is 25.0. The second-order valence-electron chi connectivity index (χ2n) is 7.83. The average molecular weight is 500 g/mol. The van der Waals surface area contributed by atoms with Crippen molar-refractivity contribution in [2.75, 3.05) is 18.1 Å². The maximum atomic E-state index is 13.6. The third-order valence-corrected chi connectivity index (χ3v) is 7.55. The summed E-state index contributed by atoms with van der Waals surface area (Å²) in [6, 6.07) is 3.84. The zero-order chi connectivity index (χ0) is 24.0. The van der Waals surface area contributed by atoms with Gasteiger partial charge in [0.05, 0.1) is 16.8 Å². The Hall–Kier alpha value is -2.60. The van der Waals surface area contributed by atoms with Crippen molar-refractivity contribution >= 4 is 49.2 Å². The summed E-state index contributed by atoms with van der Waals surface area (Å²) >= 11 is 0.943. The average Bonchev–Trinajstić information content (AvgIpc) is 3.03. The Bertz CT molecular complexity index is 1210. The first-order chi connectivity index (χ1) is 15.7. The summed E-state index contributed by atoms with van der Waals surface area (Å²) in [6.07, 6.45) is 4.70. The molecule has 0 spiro atoms. The van der Waals surface area contributed by atoms with E-state index < -0.39 is 44.9 Å². The monoisotopic (exact) mass is 499 g/mol. The number of nitrogens with one attached hydrogen (secondary N) is 1. The molecule has 1 aromatic carbocycles. The summed E-state index contributed by atoms with van der Waals surface area (Å²) in [5.74, 6) is -4.45. The van der Waals surface area contributed by atoms with Crippen molar-refractivity contribution in [2.45, 2.75) is 51.6 Å². The topological polar surface area (TPSA) is 124 Å². The van der Waals surface area contributed by atoms with Crippen LogP contribution in [0.5, 0.6) is 0 Å². The number of esters is 1. The van der Waals surface area contributed by atoms with Gasteiger partial charge in [-0.05, 0) is 38.0 Å². The number of amides is 2. The molecule has 9 nitrogen and oxygen atoms in total. The molecule has 3 rings (SSSR count). The summed E-state index contributed by atoms with van der Waals surface area (Å²) in [5, 5.41) is 2.71. The molecule has 1 fully saturated rings. The van der Waals surface area contributed by atoms with E-state index in [1.54, 1.807) is 6.92 Å². The molecule has 1 N–H and O–H groups in total. The summed E-state index contributed by atoms with van der Waals surface area (Å²) in [4.78, 5) is 40.4. The number of aromatic nitrogens is 1. The number of sulfone groups is 1. The van der Waals surface area contributed by atoms with Gasteiger partial charge in [-0.25, -0.2) is 12.8 Å². The van der Waals surface area contributed by atoms with Gasteiger partial charge in [-0.1, -0.05) is 30.6 Å². The van der Waals surface area contributed by atoms with Crippen molar-refractivity contribution in [1.82, 2.24) is 9.88 Å². The van der Waals surface area contributed by atoms with Gasteiger partial charge in [-0.3, -0.25) is 14.4 Å². The summed E-state index contributed by atoms with van der Waals surface area (Å²) in [7, 11) is -4.04. The Morgan fingerprint density at radius 2 is 1.94 bits per heavy atom. The van der Waals surface area contributed by atoms with E-state index in [0.717, 1.165) is 43.4 Å². The third-order valence-electron chi connectivity index (χ3n) is 5.12. The van der Waals surface area contributed by atoms with Gasteiger partial charge in [0.2, 0.25) is 5.91 Å². The molecule has 1 heterocycles. The van der Waals surface area contributed by atoms with Crippen LogP contribution >= 0.6 is 11.3 Å². The number of thiazole rings is 1. The van der Waals surface area contributed by atoms with E-state index in [-0.39, 0.29) is 24.0 Å². The van der Waals surface area contributed by atoms with E-state index in [2.05, 4.69) is 10.3 Å². The van der Waals surface area contributed by atoms with E-state index in [9.17, 15) is 27.2 Å². The highest BCUT2D eigenvalue weighted by Gasteiger charge is 2.23. The van der Waals surface area contributed by atoms with Crippen molar-refractivity contribution in [3.05, 3.63) is 28.8 Å². The van der Waals surface area contributed by atoms with Crippen LogP contribution in [0.3, 0.4) is 0 Å². The van der Waals surface area contributed by atoms with Gasteiger partial charge in [0, 0.05) is 6.04 Å². The van der Waals surface area contributed by atoms with Gasteiger partial charge in [0.25, 0.3) is 5.91 Å². The molecule has 1 aliphatic rings. The van der Waals surface area contributed by atoms with Crippen LogP contribution in [0.25, 0.3) is 10.2 Å². The molecule has 0 saturated heterocycles. The third kappa shape index (κ3) is 7.19. The van der Waals surface area contributed by atoms with Crippen LogP contribution in [-0.4, -0.2) is 54.9 Å². The normalized spacial score (nSPS) is 15.5. The fourth-order valence-corrected chi connectivity index (χ4v) is 5.81. The maximum absolute atomic E-state index is 13.6. The second-order valence-corrected chi connectivity index (χ2v) is 10.9. The molecule has 0 unspecified atom stereocenters. The number of benzene rings is 1. The highest BCUT2D eigenvalue weighted by molar-refractivity contribution is 7.92. The Kier molecular flexibility index (Phi) is 8.35. The quantitative estimate of drug-likeness (QED) is 0.552. The van der Waals surface area contributed by atoms with E-state index in [1.807, 2.05) is 0 Å². The van der Waals surface area contributed by atoms with Crippen LogP contribution in [0.15, 0.2) is 23.2 Å². The fraction of sp³-hybridized carbons (Fsp3) is 0.524. The van der Waals surface area contributed by atoms with Crippen LogP contribution in [0.4, 0.5) is 4.39 Å². The van der Waals surface area contributed by atoms with Crippen molar-refractivity contribution in [2.24, 2.45) is 4.99 Å². The molecule has 2 aromatic rings. The molecule has 33 heavy (non-hydrogen) atoms. The van der Waals surface area contributed by atoms with Crippen LogP contribution in [0.2, 0.25) is 0 Å². The molecule has 0 radical (unpaired) electrons. The van der Waals surface area contributed by atoms with Crippen LogP contribution in [0.1, 0.15) is 39.0 Å². The standard InChI is InChI=1S/C21H26FN3O6S2/c1-2-31-20(28)11-25-16-9-8-14(22)10-17(16)32-21(25)24-19(27)13-33(29,30)12-18(26)23-15-6-4-3-5-7-15/h8-10,15H,2-7,11-13H2,1H3,(H,23,26). The fourth-order valence-electron chi connectivity index (χ4n) is 3.72. The molecular formula is C21H26FN3O6S2. The predicted octanol–water partition coefficient (Wildman–Crippen LogP) is 1.70. The van der Waals surface area contributed by atoms with E-state index >= 15 is 0 Å². The molecule has 0 bridgehead atoms. The summed E-state index contributed by atoms with van der Waals surface area (Å²) < 4.78 is 45.1. The predicted molar refractivity (Wildman–Crippen MR) is 121 cm³/mol. The minimum absolute atomic E-state index is 0.0375. The zero-order valence-corrected chi connectivity index (χ0v) is 19.8. The number of carbonyl (C=O) groups is 3. The number of hydrogen-bond donors (Lipinski definition) is 1. The molecule has 0 atom stereocenters. The van der Waals surface area contributed by atoms with Crippen LogP contribution in [-0.2, 0) is 35.5 Å². The highest BCUT2D eigenvalue weighted by atomic mass is 32.2. The molecule has 1 aromatic heterocycles. The largest absolute Gasteiger partial charge is 0.465 e. The number of ether oxygens (including phenoxy) is 1. The number of nitrogens with zero attached hydrogens (tertiary/aromatic N) is 2. The minimum Gasteiger partial charge on any atom is -0.465 e. The Balaban J connectivity index is 1.77. The first-order valence-corrected chi connectivity index (χ1v) is 13.3. The first-order valence-electron chi connectivity index (χ1n) is 10.7. The minimum atomic E-state index is -4.04. The van der Waals surface area contributed by atoms with E-state index in [1.165, 1.54) is 22.8 Å². The molecular weight excluding hydrogens is 473 g/mol. The van der Waals surface area contributed by atoms with Crippen molar-refractivity contribution in [1.29, 1.82) is 0 Å². The van der Waals surface area contributed by atoms with E-state index in [0.29, 0.717) is 10.2 Å². The summed E-state index contributed by atoms with van der Waals surface area (Å²) in [6.45, 7) is 1.53. The number of halogens is 1. The lowest BCUT2D eigenvalue weighted by Gasteiger charge is -2.22. The number of fused-ring (bicyclic) bond motifs is 1. The smallest absolute Gasteiger partial charge is 0.326 e. The maximum Gasteiger partial charge on any atom is 0.326 e. The Morgan fingerprint density at radius 1 is 1.21 bits per heavy atom. The van der Waals surface area contributed by atoms with Gasteiger partial charge in [-0.2, -0.15) is 4.99 Å². The van der Waals surface area contributed by atoms with Gasteiger partial charge >= 0.3 is 5.97 Å². The van der Waals surface area contributed by atoms with Crippen molar-refractivity contribution in [3.8, 4) is 0 Å². The number of rotatable bonds is 8. The highest BCUT2D eigenvalue weighted by Crippen LogP contribution is 2.19. The lowest BCUT2D eigenvalue weighted by atomic mass is 9.95. The van der Waals surface area contributed by atoms with Crippen molar-refractivity contribution < 1.29 is 31.9 Å². The lowest BCUT2D eigenvalue weighted by molar-refractivity contribution is -0.143. The van der Waals surface area contributed by atoms with Gasteiger partial charge < -0.3 is 14.6 Å². The molecule has 1 aliphatic carbocycles. The molecule has 0 aliphatic heterocycles. The van der Waals surface area contributed by atoms with Gasteiger partial charge in [0.15, 0.2) is 14.6 Å². The molecule has 12 heteroatoms. The lowest BCUT2D eigenvalue weighted by Crippen LogP contribution is -2.40. The van der Waals surface area contributed by atoms with Gasteiger partial charge in [0.1, 0.15) is 23.9 Å². The van der Waals surface area contributed by atoms with Crippen molar-refractivity contribution in [3.63, 3.8) is 0 Å². The number of hydrogen-bond acceptors (Lipinski definition) is 7. The van der Waals surface area contributed by atoms with E-state index in [4.69, 9.17) is 4.74 Å². The zero-order valence-electron chi connectivity index (χ0n) is 18.2. The van der Waals surface area contributed by atoms with Crippen LogP contribution < -0.4 is 10.1 Å². The molecule has 180 valence electrons.